The van der Waals surface area contributed by atoms with Gasteiger partial charge in [0.05, 0.1) is 52.4 Å². The number of sulfone groups is 5. The Morgan fingerprint density at radius 2 is 0.669 bits per heavy atom. The van der Waals surface area contributed by atoms with Gasteiger partial charge in [0.1, 0.15) is 21.9 Å². The van der Waals surface area contributed by atoms with Crippen LogP contribution >= 0.6 is 0 Å². The lowest BCUT2D eigenvalue weighted by atomic mass is 9.91. The first-order chi connectivity index (χ1) is 67.8. The second kappa shape index (κ2) is 39.9. The number of rotatable bonds is 23. The van der Waals surface area contributed by atoms with Crippen LogP contribution in [0, 0.1) is 26.6 Å². The molecule has 0 radical (unpaired) electrons. The zero-order chi connectivity index (χ0) is 105. The SMILES string of the molecule is CC(C)(O)c1cc(-c2cccc(-c3cc(C(C)(C)S(C)(=O)=O)cc4cccnc34)c2)c[n+]([O-])c1.CC(C)(O)c1ccc(-c2cccc(-c3cc(C(C)(C)S(C)(=O)=O)cc4cccnc34)c2)c[n+]1[O-].CC(C)(c1cc(-c2cccc(-c3cc(C(=O)NC4CC4)c[n+]([O-])c3)c2)c2ncccc2c1)S(C)(=O)=O.CC(C)(c1cc(-c2cccc(-c3cc(S(=O)(=O)Cc4ccc(F)cc4)c[n+]([O-])c3)c2)c2ncccc2c1)S(C)(=O)=O. The Morgan fingerprint density at radius 3 is 1.00 bits per heavy atom. The van der Waals surface area contributed by atoms with E-state index >= 15 is 0 Å². The Labute approximate surface area is 843 Å². The monoisotopic (exact) mass is 2040 g/mol. The minimum Gasteiger partial charge on any atom is -0.619 e. The molecule has 17 aromatic rings. The highest BCUT2D eigenvalue weighted by Gasteiger charge is 2.39. The van der Waals surface area contributed by atoms with Gasteiger partial charge in [-0.3, -0.25) is 24.7 Å². The predicted octanol–water partition coefficient (Wildman–Crippen LogP) is 19.4. The summed E-state index contributed by atoms with van der Waals surface area (Å²) in [4.78, 5) is 30.6. The maximum absolute atomic E-state index is 13.3. The number of pyridine rings is 8. The lowest BCUT2D eigenvalue weighted by Crippen LogP contribution is -2.39. The van der Waals surface area contributed by atoms with Gasteiger partial charge in [0.2, 0.25) is 5.69 Å². The number of hydrogen-bond acceptors (Lipinski definition) is 21. The molecule has 0 spiro atoms. The van der Waals surface area contributed by atoms with Crippen LogP contribution in [0.3, 0.4) is 0 Å². The molecule has 32 heteroatoms. The molecule has 9 aromatic carbocycles. The molecule has 1 amide bonds. The van der Waals surface area contributed by atoms with Crippen molar-refractivity contribution in [2.45, 2.75) is 143 Å². The fourth-order valence-electron chi connectivity index (χ4n) is 16.6. The zero-order valence-electron chi connectivity index (χ0n) is 82.7. The number of hydrogen-bond donors (Lipinski definition) is 3. The highest BCUT2D eigenvalue weighted by Crippen LogP contribution is 2.45. The van der Waals surface area contributed by atoms with Crippen molar-refractivity contribution in [3.63, 3.8) is 0 Å². The third kappa shape index (κ3) is 23.0. The molecule has 0 aliphatic heterocycles. The number of fused-ring (bicyclic) bond motifs is 4. The topological polar surface area (TPSA) is 400 Å². The summed E-state index contributed by atoms with van der Waals surface area (Å²) in [6.07, 6.45) is 22.9. The average Bonchev–Trinajstić information content (AvgIpc) is 1.76. The zero-order valence-corrected chi connectivity index (χ0v) is 86.8. The molecule has 26 nitrogen and oxygen atoms in total. The number of benzene rings is 9. The van der Waals surface area contributed by atoms with Crippen LogP contribution in [0.5, 0.6) is 0 Å². The summed E-state index contributed by atoms with van der Waals surface area (Å²) in [7, 11) is -17.5. The molecule has 8 aromatic heterocycles. The lowest BCUT2D eigenvalue weighted by Gasteiger charge is -2.24. The van der Waals surface area contributed by atoms with Gasteiger partial charge in [-0.1, -0.05) is 109 Å². The third-order valence-electron chi connectivity index (χ3n) is 26.9. The molecule has 0 bridgehead atoms. The van der Waals surface area contributed by atoms with Crippen LogP contribution in [0.25, 0.3) is 133 Å². The number of halogens is 1. The summed E-state index contributed by atoms with van der Waals surface area (Å²) in [6, 6.07) is 73.7. The summed E-state index contributed by atoms with van der Waals surface area (Å²) in [6.45, 7) is 19.9. The van der Waals surface area contributed by atoms with Gasteiger partial charge in [0.25, 0.3) is 5.91 Å². The number of nitrogens with one attached hydrogen (secondary N) is 1. The second-order valence-electron chi connectivity index (χ2n) is 39.7. The van der Waals surface area contributed by atoms with E-state index in [0.29, 0.717) is 96.8 Å². The van der Waals surface area contributed by atoms with E-state index < -0.39 is 90.9 Å². The van der Waals surface area contributed by atoms with Crippen molar-refractivity contribution < 1.29 is 80.4 Å². The Balaban J connectivity index is 0.000000146. The Bertz CT molecular complexity index is 8610. The number of nitrogens with zero attached hydrogens (tertiary/aromatic N) is 8. The smallest absolute Gasteiger partial charge is 0.257 e. The van der Waals surface area contributed by atoms with E-state index in [1.807, 2.05) is 176 Å². The van der Waals surface area contributed by atoms with E-state index in [2.05, 4.69) is 25.3 Å². The highest BCUT2D eigenvalue weighted by atomic mass is 32.2. The largest absolute Gasteiger partial charge is 0.619 e. The minimum atomic E-state index is -3.92. The van der Waals surface area contributed by atoms with Gasteiger partial charge >= 0.3 is 0 Å². The summed E-state index contributed by atoms with van der Waals surface area (Å²) >= 11 is 0. The van der Waals surface area contributed by atoms with Crippen LogP contribution in [0.4, 0.5) is 4.39 Å². The van der Waals surface area contributed by atoms with E-state index in [9.17, 15) is 82.3 Å². The van der Waals surface area contributed by atoms with Gasteiger partial charge in [0, 0.05) is 134 Å². The quantitative estimate of drug-likeness (QED) is 0.0395. The molecule has 0 atom stereocenters. The molecular weight excluding hydrogens is 1930 g/mol. The number of carbonyl (C=O) groups excluding carboxylic acids is 1. The van der Waals surface area contributed by atoms with Crippen molar-refractivity contribution in [1.82, 2.24) is 25.3 Å². The summed E-state index contributed by atoms with van der Waals surface area (Å²) < 4.78 is 138. The molecule has 1 saturated carbocycles. The molecule has 8 heterocycles. The summed E-state index contributed by atoms with van der Waals surface area (Å²) in [5.74, 6) is -1.12. The van der Waals surface area contributed by atoms with Gasteiger partial charge in [0.15, 0.2) is 92.6 Å². The van der Waals surface area contributed by atoms with Crippen molar-refractivity contribution in [3.05, 3.63) is 388 Å². The fraction of sp³-hybridized carbons (Fsp3) is 0.230. The van der Waals surface area contributed by atoms with Crippen LogP contribution in [0.1, 0.15) is 145 Å². The third-order valence-corrected chi connectivity index (χ3v) is 36.9. The van der Waals surface area contributed by atoms with Gasteiger partial charge in [-0.05, 0) is 302 Å². The van der Waals surface area contributed by atoms with Crippen molar-refractivity contribution in [1.29, 1.82) is 0 Å². The van der Waals surface area contributed by atoms with Crippen molar-refractivity contribution in [2.24, 2.45) is 0 Å². The predicted molar refractivity (Wildman–Crippen MR) is 566 cm³/mol. The normalized spacial score (nSPS) is 13.0. The van der Waals surface area contributed by atoms with Gasteiger partial charge in [-0.15, -0.1) is 0 Å². The van der Waals surface area contributed by atoms with Crippen LogP contribution in [0.15, 0.2) is 322 Å². The van der Waals surface area contributed by atoms with Crippen LogP contribution < -0.4 is 24.2 Å². The molecule has 18 rings (SSSR count). The van der Waals surface area contributed by atoms with Gasteiger partial charge in [-0.25, -0.2) is 46.5 Å². The number of aromatic nitrogens is 8. The van der Waals surface area contributed by atoms with Crippen molar-refractivity contribution in [3.8, 4) is 89.0 Å². The Kier molecular flexibility index (Phi) is 28.8. The molecular formula is C113H110FN9O17S5. The molecule has 746 valence electrons. The van der Waals surface area contributed by atoms with E-state index in [0.717, 1.165) is 113 Å². The number of amides is 1. The molecule has 0 saturated heterocycles. The average molecular weight is 2050 g/mol. The Hall–Kier alpha value is -14.5. The van der Waals surface area contributed by atoms with Gasteiger partial charge < -0.3 is 36.4 Å². The summed E-state index contributed by atoms with van der Waals surface area (Å²) in [5.41, 5.74) is 16.3. The number of aliphatic hydroxyl groups is 2. The molecule has 1 aliphatic rings. The first-order valence-electron chi connectivity index (χ1n) is 46.3. The van der Waals surface area contributed by atoms with Gasteiger partial charge in [-0.2, -0.15) is 18.9 Å². The first kappa shape index (κ1) is 105. The molecule has 3 N–H and O–H groups in total. The number of carbonyl (C=O) groups is 1. The van der Waals surface area contributed by atoms with Crippen LogP contribution in [0.2, 0.25) is 0 Å². The van der Waals surface area contributed by atoms with E-state index in [4.69, 9.17) is 0 Å². The van der Waals surface area contributed by atoms with Crippen LogP contribution in [-0.2, 0) is 85.1 Å². The standard InChI is InChI=1S/C31H27FN2O5S2.C28H27N3O4S.2C27H28N2O4S/c1-31(2,40(3,36)37)26-15-24-8-5-13-33-30(24)29(17-26)23-7-4-6-22(14-23)25-16-28(19-34(35)18-25)41(38,39)20-21-9-11-27(32)12-10-21;1-28(2,36(3,34)35)23-14-20-8-5-11-29-26(20)25(15-23)19-7-4-6-18(12-19)21-13-22(17-31(33)16-21)27(32)30-24-9-10-24;1-26(2,30)24-12-11-21(17-29(24)31)18-8-6-9-19(14-18)23-16-22(27(3,4)34(5,32)33)15-20-10-7-13-28-25(20)23;1-26(2,30)23-14-21(16-29(31)17-23)18-8-6-9-19(12-18)24-15-22(27(3,4)34(5,32)33)13-20-10-7-11-28-25(20)24/h4-19H,20H2,1-3H3;4-8,11-17,24H,9-10H2,1-3H3,(H,30,32);2*6-17,30H,1-5H3. The Morgan fingerprint density at radius 1 is 0.345 bits per heavy atom. The second-order valence-corrected chi connectivity index (χ2v) is 51.9. The van der Waals surface area contributed by atoms with E-state index in [1.54, 1.807) is 150 Å². The van der Waals surface area contributed by atoms with Crippen LogP contribution in [-0.4, -0.2) is 109 Å². The minimum absolute atomic E-state index is 0.163. The lowest BCUT2D eigenvalue weighted by molar-refractivity contribution is -0.621. The van der Waals surface area contributed by atoms with E-state index in [1.165, 1.54) is 92.5 Å². The molecule has 145 heavy (non-hydrogen) atoms. The first-order valence-corrected chi connectivity index (χ1v) is 55.5. The maximum Gasteiger partial charge on any atom is 0.257 e. The molecule has 0 unspecified atom stereocenters. The van der Waals surface area contributed by atoms with Crippen molar-refractivity contribution >= 4 is 98.7 Å². The highest BCUT2D eigenvalue weighted by molar-refractivity contribution is 7.92. The molecule has 1 fully saturated rings. The maximum atomic E-state index is 13.3. The fourth-order valence-corrected chi connectivity index (χ4v) is 20.2. The van der Waals surface area contributed by atoms with E-state index in [-0.39, 0.29) is 22.5 Å². The summed E-state index contributed by atoms with van der Waals surface area (Å²) in [5, 5.41) is 76.5. The molecule has 1 aliphatic carbocycles. The van der Waals surface area contributed by atoms with Crippen molar-refractivity contribution in [2.75, 3.05) is 25.0 Å².